The van der Waals surface area contributed by atoms with Gasteiger partial charge in [0.15, 0.2) is 0 Å². The third-order valence-corrected chi connectivity index (χ3v) is 2.81. The maximum absolute atomic E-state index is 5.50. The van der Waals surface area contributed by atoms with Crippen molar-refractivity contribution >= 4 is 23.2 Å². The van der Waals surface area contributed by atoms with E-state index in [9.17, 15) is 0 Å². The smallest absolute Gasteiger partial charge is 0.223 e. The molecule has 0 atom stereocenters. The largest absolute Gasteiger partial charge is 0.388 e. The molecule has 1 aliphatic rings. The van der Waals surface area contributed by atoms with E-state index >= 15 is 0 Å². The molecule has 0 spiro atoms. The Balaban J connectivity index is 2.07. The SMILES string of the molecule is NC(=S)c1ccnc(NC2CCCC2)n1. The van der Waals surface area contributed by atoms with Gasteiger partial charge in [-0.25, -0.2) is 9.97 Å². The maximum atomic E-state index is 5.50. The van der Waals surface area contributed by atoms with Gasteiger partial charge in [0.2, 0.25) is 5.95 Å². The average molecular weight is 222 g/mol. The number of nitrogens with zero attached hydrogens (tertiary/aromatic N) is 2. The summed E-state index contributed by atoms with van der Waals surface area (Å²) in [5.74, 6) is 0.632. The molecule has 1 aromatic heterocycles. The van der Waals surface area contributed by atoms with Crippen LogP contribution in [-0.4, -0.2) is 21.0 Å². The van der Waals surface area contributed by atoms with Crippen molar-refractivity contribution in [1.82, 2.24) is 9.97 Å². The van der Waals surface area contributed by atoms with Crippen molar-refractivity contribution in [1.29, 1.82) is 0 Å². The minimum atomic E-state index is 0.312. The van der Waals surface area contributed by atoms with Crippen LogP contribution < -0.4 is 11.1 Å². The molecule has 5 heteroatoms. The predicted octanol–water partition coefficient (Wildman–Crippen LogP) is 1.47. The molecule has 15 heavy (non-hydrogen) atoms. The second-order valence-corrected chi connectivity index (χ2v) is 4.20. The van der Waals surface area contributed by atoms with Crippen LogP contribution in [-0.2, 0) is 0 Å². The van der Waals surface area contributed by atoms with E-state index in [0.717, 1.165) is 0 Å². The Morgan fingerprint density at radius 2 is 2.20 bits per heavy atom. The van der Waals surface area contributed by atoms with Crippen molar-refractivity contribution < 1.29 is 0 Å². The molecule has 0 saturated heterocycles. The molecule has 1 aromatic rings. The predicted molar refractivity (Wildman–Crippen MR) is 63.8 cm³/mol. The molecule has 4 nitrogen and oxygen atoms in total. The summed E-state index contributed by atoms with van der Waals surface area (Å²) in [6.45, 7) is 0. The minimum absolute atomic E-state index is 0.312. The normalized spacial score (nSPS) is 16.5. The van der Waals surface area contributed by atoms with Crippen LogP contribution in [0.5, 0.6) is 0 Å². The molecular formula is C10H14N4S. The summed E-state index contributed by atoms with van der Waals surface area (Å²) in [4.78, 5) is 8.71. The fourth-order valence-corrected chi connectivity index (χ4v) is 1.93. The number of nitrogens with two attached hydrogens (primary N) is 1. The summed E-state index contributed by atoms with van der Waals surface area (Å²) < 4.78 is 0. The van der Waals surface area contributed by atoms with E-state index < -0.39 is 0 Å². The minimum Gasteiger partial charge on any atom is -0.388 e. The monoisotopic (exact) mass is 222 g/mol. The second-order valence-electron chi connectivity index (χ2n) is 3.76. The summed E-state index contributed by atoms with van der Waals surface area (Å²) in [7, 11) is 0. The van der Waals surface area contributed by atoms with Crippen molar-refractivity contribution in [2.45, 2.75) is 31.7 Å². The summed E-state index contributed by atoms with van der Waals surface area (Å²) in [6.07, 6.45) is 6.64. The molecule has 0 bridgehead atoms. The lowest BCUT2D eigenvalue weighted by molar-refractivity contribution is 0.744. The van der Waals surface area contributed by atoms with Crippen molar-refractivity contribution in [3.63, 3.8) is 0 Å². The van der Waals surface area contributed by atoms with Crippen LogP contribution in [0, 0.1) is 0 Å². The van der Waals surface area contributed by atoms with E-state index in [4.69, 9.17) is 18.0 Å². The van der Waals surface area contributed by atoms with E-state index in [0.29, 0.717) is 22.7 Å². The van der Waals surface area contributed by atoms with Gasteiger partial charge in [-0.2, -0.15) is 0 Å². The average Bonchev–Trinajstić information content (AvgIpc) is 2.71. The zero-order valence-corrected chi connectivity index (χ0v) is 9.26. The Hall–Kier alpha value is -1.23. The Bertz CT molecular complexity index is 360. The first-order chi connectivity index (χ1) is 7.25. The molecule has 1 heterocycles. The fourth-order valence-electron chi connectivity index (χ4n) is 1.82. The van der Waals surface area contributed by atoms with Gasteiger partial charge in [-0.05, 0) is 18.9 Å². The van der Waals surface area contributed by atoms with Crippen LogP contribution in [0.25, 0.3) is 0 Å². The lowest BCUT2D eigenvalue weighted by atomic mass is 10.2. The van der Waals surface area contributed by atoms with E-state index in [-0.39, 0.29) is 0 Å². The molecule has 0 amide bonds. The Kier molecular flexibility index (Phi) is 3.11. The first-order valence-corrected chi connectivity index (χ1v) is 5.56. The highest BCUT2D eigenvalue weighted by molar-refractivity contribution is 7.80. The van der Waals surface area contributed by atoms with Gasteiger partial charge in [0.25, 0.3) is 0 Å². The number of nitrogens with one attached hydrogen (secondary N) is 1. The highest BCUT2D eigenvalue weighted by Gasteiger charge is 2.15. The van der Waals surface area contributed by atoms with Gasteiger partial charge >= 0.3 is 0 Å². The van der Waals surface area contributed by atoms with E-state index in [1.165, 1.54) is 25.7 Å². The van der Waals surface area contributed by atoms with E-state index in [1.54, 1.807) is 12.3 Å². The lowest BCUT2D eigenvalue weighted by Crippen LogP contribution is -2.19. The number of hydrogen-bond acceptors (Lipinski definition) is 4. The summed E-state index contributed by atoms with van der Waals surface area (Å²) in [6, 6.07) is 2.23. The van der Waals surface area contributed by atoms with Crippen LogP contribution in [0.3, 0.4) is 0 Å². The maximum Gasteiger partial charge on any atom is 0.223 e. The van der Waals surface area contributed by atoms with Crippen LogP contribution in [0.1, 0.15) is 31.4 Å². The number of aromatic nitrogens is 2. The standard InChI is InChI=1S/C10H14N4S/c11-9(15)8-5-6-12-10(14-8)13-7-3-1-2-4-7/h5-7H,1-4H2,(H2,11,15)(H,12,13,14). The highest BCUT2D eigenvalue weighted by Crippen LogP contribution is 2.20. The third kappa shape index (κ3) is 2.62. The Morgan fingerprint density at radius 1 is 1.47 bits per heavy atom. The molecule has 1 saturated carbocycles. The second kappa shape index (κ2) is 4.53. The van der Waals surface area contributed by atoms with Gasteiger partial charge in [0, 0.05) is 12.2 Å². The molecule has 80 valence electrons. The number of anilines is 1. The van der Waals surface area contributed by atoms with Gasteiger partial charge < -0.3 is 11.1 Å². The van der Waals surface area contributed by atoms with Gasteiger partial charge in [-0.3, -0.25) is 0 Å². The summed E-state index contributed by atoms with van der Waals surface area (Å²) >= 11 is 4.86. The highest BCUT2D eigenvalue weighted by atomic mass is 32.1. The fraction of sp³-hybridized carbons (Fsp3) is 0.500. The molecule has 1 aliphatic carbocycles. The molecule has 1 fully saturated rings. The lowest BCUT2D eigenvalue weighted by Gasteiger charge is -2.11. The quantitative estimate of drug-likeness (QED) is 0.758. The first-order valence-electron chi connectivity index (χ1n) is 5.15. The summed E-state index contributed by atoms with van der Waals surface area (Å²) in [5.41, 5.74) is 6.13. The first kappa shape index (κ1) is 10.3. The number of thiocarbonyl (C=S) groups is 1. The zero-order chi connectivity index (χ0) is 10.7. The van der Waals surface area contributed by atoms with Crippen LogP contribution in [0.2, 0.25) is 0 Å². The molecule has 0 aromatic carbocycles. The van der Waals surface area contributed by atoms with Crippen molar-refractivity contribution in [3.05, 3.63) is 18.0 Å². The van der Waals surface area contributed by atoms with Crippen LogP contribution in [0.4, 0.5) is 5.95 Å². The molecule has 0 unspecified atom stereocenters. The molecule has 2 rings (SSSR count). The van der Waals surface area contributed by atoms with Crippen molar-refractivity contribution in [3.8, 4) is 0 Å². The molecular weight excluding hydrogens is 208 g/mol. The van der Waals surface area contributed by atoms with E-state index in [1.807, 2.05) is 0 Å². The van der Waals surface area contributed by atoms with Crippen molar-refractivity contribution in [2.75, 3.05) is 5.32 Å². The van der Waals surface area contributed by atoms with Gasteiger partial charge in [-0.1, -0.05) is 25.1 Å². The van der Waals surface area contributed by atoms with Gasteiger partial charge in [-0.15, -0.1) is 0 Å². The van der Waals surface area contributed by atoms with Gasteiger partial charge in [0.1, 0.15) is 10.7 Å². The van der Waals surface area contributed by atoms with Gasteiger partial charge in [0.05, 0.1) is 0 Å². The number of rotatable bonds is 3. The van der Waals surface area contributed by atoms with E-state index in [2.05, 4.69) is 15.3 Å². The molecule has 0 aliphatic heterocycles. The summed E-state index contributed by atoms with van der Waals surface area (Å²) in [5, 5.41) is 3.30. The van der Waals surface area contributed by atoms with Crippen LogP contribution >= 0.6 is 12.2 Å². The number of hydrogen-bond donors (Lipinski definition) is 2. The topological polar surface area (TPSA) is 63.8 Å². The Labute approximate surface area is 94.3 Å². The zero-order valence-electron chi connectivity index (χ0n) is 8.44. The third-order valence-electron chi connectivity index (χ3n) is 2.60. The van der Waals surface area contributed by atoms with Crippen molar-refractivity contribution in [2.24, 2.45) is 5.73 Å². The molecule has 3 N–H and O–H groups in total. The van der Waals surface area contributed by atoms with Crippen LogP contribution in [0.15, 0.2) is 12.3 Å². The molecule has 0 radical (unpaired) electrons. The Morgan fingerprint density at radius 3 is 2.87 bits per heavy atom.